The van der Waals surface area contributed by atoms with Gasteiger partial charge in [0, 0.05) is 10.7 Å². The third-order valence-corrected chi connectivity index (χ3v) is 2.83. The number of anilines is 1. The van der Waals surface area contributed by atoms with Crippen molar-refractivity contribution in [1.82, 2.24) is 5.32 Å². The maximum Gasteiger partial charge on any atom is 0.407 e. The Morgan fingerprint density at radius 3 is 2.60 bits per heavy atom. The first-order valence-electron chi connectivity index (χ1n) is 6.43. The van der Waals surface area contributed by atoms with Crippen LogP contribution in [0.15, 0.2) is 24.3 Å². The van der Waals surface area contributed by atoms with Crippen molar-refractivity contribution >= 4 is 29.3 Å². The van der Waals surface area contributed by atoms with Gasteiger partial charge in [0.1, 0.15) is 6.04 Å². The minimum atomic E-state index is -0.673. The Balaban J connectivity index is 2.71. The van der Waals surface area contributed by atoms with Gasteiger partial charge in [-0.1, -0.05) is 31.5 Å². The smallest absolute Gasteiger partial charge is 0.407 e. The topological polar surface area (TPSA) is 67.4 Å². The highest BCUT2D eigenvalue weighted by Gasteiger charge is 2.24. The highest BCUT2D eigenvalue weighted by Crippen LogP contribution is 2.16. The van der Waals surface area contributed by atoms with E-state index in [1.165, 1.54) is 0 Å². The van der Waals surface area contributed by atoms with E-state index in [9.17, 15) is 9.59 Å². The molecule has 1 atom stereocenters. The van der Waals surface area contributed by atoms with E-state index in [-0.39, 0.29) is 18.4 Å². The lowest BCUT2D eigenvalue weighted by Crippen LogP contribution is -2.47. The predicted octanol–water partition coefficient (Wildman–Crippen LogP) is 3.05. The fraction of sp³-hybridized carbons (Fsp3) is 0.429. The maximum absolute atomic E-state index is 12.2. The number of carbonyl (C=O) groups excluding carboxylic acids is 2. The van der Waals surface area contributed by atoms with Crippen LogP contribution in [0.5, 0.6) is 0 Å². The molecule has 2 amide bonds. The van der Waals surface area contributed by atoms with Crippen LogP contribution >= 0.6 is 11.6 Å². The zero-order valence-electron chi connectivity index (χ0n) is 11.8. The Hall–Kier alpha value is -1.75. The summed E-state index contributed by atoms with van der Waals surface area (Å²) < 4.78 is 4.79. The summed E-state index contributed by atoms with van der Waals surface area (Å²) in [5.74, 6) is -0.381. The Bertz CT molecular complexity index is 477. The molecular formula is C14H19ClN2O3. The second kappa shape index (κ2) is 7.75. The molecule has 0 saturated carbocycles. The first-order chi connectivity index (χ1) is 9.43. The van der Waals surface area contributed by atoms with Crippen LogP contribution in [0, 0.1) is 5.92 Å². The number of hydrogen-bond acceptors (Lipinski definition) is 3. The molecule has 5 nitrogen and oxygen atoms in total. The normalized spacial score (nSPS) is 11.8. The quantitative estimate of drug-likeness (QED) is 0.878. The lowest BCUT2D eigenvalue weighted by atomic mass is 10.0. The molecule has 0 radical (unpaired) electrons. The van der Waals surface area contributed by atoms with Gasteiger partial charge in [0.15, 0.2) is 0 Å². The molecule has 0 spiro atoms. The minimum absolute atomic E-state index is 0.0707. The van der Waals surface area contributed by atoms with E-state index in [0.29, 0.717) is 10.7 Å². The maximum atomic E-state index is 12.2. The largest absolute Gasteiger partial charge is 0.450 e. The molecular weight excluding hydrogens is 280 g/mol. The van der Waals surface area contributed by atoms with Gasteiger partial charge in [0.2, 0.25) is 5.91 Å². The summed E-state index contributed by atoms with van der Waals surface area (Å²) in [5.41, 5.74) is 0.582. The van der Waals surface area contributed by atoms with Gasteiger partial charge in [-0.15, -0.1) is 0 Å². The number of hydrogen-bond donors (Lipinski definition) is 2. The number of nitrogens with one attached hydrogen (secondary N) is 2. The third-order valence-electron chi connectivity index (χ3n) is 2.59. The summed E-state index contributed by atoms with van der Waals surface area (Å²) in [6, 6.07) is 6.15. The highest BCUT2D eigenvalue weighted by molar-refractivity contribution is 6.30. The van der Waals surface area contributed by atoms with Crippen molar-refractivity contribution < 1.29 is 14.3 Å². The SMILES string of the molecule is CCOC(=O)NC(C(=O)Nc1cccc(Cl)c1)C(C)C. The Labute approximate surface area is 123 Å². The molecule has 0 aliphatic rings. The summed E-state index contributed by atoms with van der Waals surface area (Å²) in [7, 11) is 0. The third kappa shape index (κ3) is 5.09. The molecule has 2 N–H and O–H groups in total. The van der Waals surface area contributed by atoms with Crippen molar-refractivity contribution in [2.24, 2.45) is 5.92 Å². The van der Waals surface area contributed by atoms with Crippen LogP contribution in [-0.2, 0) is 9.53 Å². The fourth-order valence-electron chi connectivity index (χ4n) is 1.62. The molecule has 0 saturated heterocycles. The summed E-state index contributed by atoms with van der Waals surface area (Å²) in [6.07, 6.45) is -0.604. The van der Waals surface area contributed by atoms with Gasteiger partial charge in [0.05, 0.1) is 6.61 Å². The van der Waals surface area contributed by atoms with Crippen LogP contribution in [0.2, 0.25) is 5.02 Å². The molecule has 0 fully saturated rings. The molecule has 6 heteroatoms. The van der Waals surface area contributed by atoms with Gasteiger partial charge >= 0.3 is 6.09 Å². The minimum Gasteiger partial charge on any atom is -0.450 e. The Morgan fingerprint density at radius 2 is 2.05 bits per heavy atom. The Morgan fingerprint density at radius 1 is 1.35 bits per heavy atom. The van der Waals surface area contributed by atoms with E-state index >= 15 is 0 Å². The first kappa shape index (κ1) is 16.3. The molecule has 1 aromatic rings. The number of amides is 2. The number of ether oxygens (including phenoxy) is 1. The second-order valence-corrected chi connectivity index (χ2v) is 5.02. The van der Waals surface area contributed by atoms with Crippen LogP contribution in [0.4, 0.5) is 10.5 Å². The van der Waals surface area contributed by atoms with E-state index in [1.54, 1.807) is 31.2 Å². The first-order valence-corrected chi connectivity index (χ1v) is 6.81. The number of rotatable bonds is 5. The van der Waals surface area contributed by atoms with E-state index in [4.69, 9.17) is 16.3 Å². The van der Waals surface area contributed by atoms with E-state index in [1.807, 2.05) is 13.8 Å². The molecule has 1 rings (SSSR count). The van der Waals surface area contributed by atoms with Crippen molar-refractivity contribution in [3.05, 3.63) is 29.3 Å². The number of carbonyl (C=O) groups is 2. The van der Waals surface area contributed by atoms with Crippen LogP contribution in [0.1, 0.15) is 20.8 Å². The van der Waals surface area contributed by atoms with Gasteiger partial charge in [-0.25, -0.2) is 4.79 Å². The molecule has 0 heterocycles. The van der Waals surface area contributed by atoms with Crippen molar-refractivity contribution in [3.63, 3.8) is 0 Å². The number of halogens is 1. The molecule has 0 aliphatic heterocycles. The molecule has 0 aliphatic carbocycles. The molecule has 20 heavy (non-hydrogen) atoms. The van der Waals surface area contributed by atoms with Crippen LogP contribution in [-0.4, -0.2) is 24.6 Å². The zero-order chi connectivity index (χ0) is 15.1. The summed E-state index contributed by atoms with van der Waals surface area (Å²) >= 11 is 5.85. The molecule has 1 unspecified atom stereocenters. The highest BCUT2D eigenvalue weighted by atomic mass is 35.5. The monoisotopic (exact) mass is 298 g/mol. The second-order valence-electron chi connectivity index (χ2n) is 4.59. The van der Waals surface area contributed by atoms with Crippen molar-refractivity contribution in [1.29, 1.82) is 0 Å². The van der Waals surface area contributed by atoms with Crippen LogP contribution in [0.3, 0.4) is 0 Å². The standard InChI is InChI=1S/C14H19ClN2O3/c1-4-20-14(19)17-12(9(2)3)13(18)16-11-7-5-6-10(15)8-11/h5-9,12H,4H2,1-3H3,(H,16,18)(H,17,19). The summed E-state index contributed by atoms with van der Waals surface area (Å²) in [4.78, 5) is 23.6. The van der Waals surface area contributed by atoms with Gasteiger partial charge in [-0.2, -0.15) is 0 Å². The average molecular weight is 299 g/mol. The van der Waals surface area contributed by atoms with Crippen molar-refractivity contribution in [2.45, 2.75) is 26.8 Å². The van der Waals surface area contributed by atoms with E-state index in [0.717, 1.165) is 0 Å². The van der Waals surface area contributed by atoms with Crippen LogP contribution in [0.25, 0.3) is 0 Å². The molecule has 0 bridgehead atoms. The van der Waals surface area contributed by atoms with E-state index in [2.05, 4.69) is 10.6 Å². The van der Waals surface area contributed by atoms with Gasteiger partial charge in [0.25, 0.3) is 0 Å². The number of alkyl carbamates (subject to hydrolysis) is 1. The van der Waals surface area contributed by atoms with Crippen molar-refractivity contribution in [3.8, 4) is 0 Å². The number of benzene rings is 1. The molecule has 0 aromatic heterocycles. The van der Waals surface area contributed by atoms with E-state index < -0.39 is 12.1 Å². The van der Waals surface area contributed by atoms with Gasteiger partial charge < -0.3 is 15.4 Å². The fourth-order valence-corrected chi connectivity index (χ4v) is 1.81. The summed E-state index contributed by atoms with van der Waals surface area (Å²) in [6.45, 7) is 5.64. The average Bonchev–Trinajstić information content (AvgIpc) is 2.35. The molecule has 110 valence electrons. The van der Waals surface area contributed by atoms with Gasteiger partial charge in [-0.3, -0.25) is 4.79 Å². The Kier molecular flexibility index (Phi) is 6.31. The predicted molar refractivity (Wildman–Crippen MR) is 78.9 cm³/mol. The zero-order valence-corrected chi connectivity index (χ0v) is 12.5. The lowest BCUT2D eigenvalue weighted by Gasteiger charge is -2.21. The van der Waals surface area contributed by atoms with Gasteiger partial charge in [-0.05, 0) is 31.0 Å². The lowest BCUT2D eigenvalue weighted by molar-refractivity contribution is -0.119. The summed E-state index contributed by atoms with van der Waals surface area (Å²) in [5, 5.41) is 5.79. The molecule has 1 aromatic carbocycles. The van der Waals surface area contributed by atoms with Crippen molar-refractivity contribution in [2.75, 3.05) is 11.9 Å². The van der Waals surface area contributed by atoms with Crippen LogP contribution < -0.4 is 10.6 Å².